The second-order valence-corrected chi connectivity index (χ2v) is 76.2. The van der Waals surface area contributed by atoms with Gasteiger partial charge in [-0.1, -0.05) is 93.1 Å². The van der Waals surface area contributed by atoms with Crippen molar-refractivity contribution >= 4 is 112 Å². The Labute approximate surface area is 147 Å². The Balaban J connectivity index is 5.04. The highest BCUT2D eigenvalue weighted by Crippen LogP contribution is 2.60. The van der Waals surface area contributed by atoms with Gasteiger partial charge in [0.1, 0.15) is 0 Å². The van der Waals surface area contributed by atoms with Gasteiger partial charge in [-0.3, -0.25) is 0 Å². The van der Waals surface area contributed by atoms with Crippen LogP contribution in [0.15, 0.2) is 0 Å². The summed E-state index contributed by atoms with van der Waals surface area (Å²) in [6, 6.07) is 0. The first kappa shape index (κ1) is 17.1. The van der Waals surface area contributed by atoms with Crippen LogP contribution in [0.1, 0.15) is 27.7 Å². The van der Waals surface area contributed by atoms with Crippen molar-refractivity contribution in [2.45, 2.75) is 32.7 Å². The molecule has 0 spiro atoms. The standard InChI is InChI=1S/C6H13I5Si2/c1-5(2)6(3,4)12(7,8)13(9,10)11/h5H,1-4H3. The highest BCUT2D eigenvalue weighted by atomic mass is 127. The molecule has 13 heavy (non-hydrogen) atoms. The zero-order valence-corrected chi connectivity index (χ0v) is 20.8. The molecule has 0 saturated carbocycles. The average Bonchev–Trinajstić information content (AvgIpc) is 1.84. The van der Waals surface area contributed by atoms with Crippen molar-refractivity contribution < 1.29 is 0 Å². The van der Waals surface area contributed by atoms with Gasteiger partial charge in [-0.15, -0.1) is 43.6 Å². The van der Waals surface area contributed by atoms with Gasteiger partial charge in [0.15, 0.2) is 0 Å². The van der Waals surface area contributed by atoms with E-state index in [1.807, 2.05) is 0 Å². The second kappa shape index (κ2) is 5.82. The molecule has 0 saturated heterocycles. The minimum absolute atomic E-state index is 0.532. The minimum Gasteiger partial charge on any atom is -0.105 e. The van der Waals surface area contributed by atoms with Crippen LogP contribution in [0.3, 0.4) is 0 Å². The van der Waals surface area contributed by atoms with Crippen LogP contribution in [0, 0.1) is 5.92 Å². The Morgan fingerprint density at radius 2 is 1.23 bits per heavy atom. The van der Waals surface area contributed by atoms with Gasteiger partial charge in [-0.25, -0.2) is 0 Å². The first-order valence-corrected chi connectivity index (χ1v) is 24.5. The lowest BCUT2D eigenvalue weighted by molar-refractivity contribution is 0.476. The first-order chi connectivity index (χ1) is 5.44. The normalized spacial score (nSPS) is 15.2. The smallest absolute Gasteiger partial charge is 0.105 e. The third-order valence-electron chi connectivity index (χ3n) is 2.61. The molecule has 80 valence electrons. The van der Waals surface area contributed by atoms with Crippen LogP contribution in [0.4, 0.5) is 0 Å². The van der Waals surface area contributed by atoms with Crippen LogP contribution in [0.2, 0.25) is 5.04 Å². The van der Waals surface area contributed by atoms with E-state index in [0.717, 1.165) is 5.92 Å². The van der Waals surface area contributed by atoms with Gasteiger partial charge in [-0.05, 0) is 11.0 Å². The molecule has 0 amide bonds. The molecule has 0 radical (unpaired) electrons. The zero-order valence-electron chi connectivity index (χ0n) is 7.97. The van der Waals surface area contributed by atoms with Crippen LogP contribution in [0.5, 0.6) is 0 Å². The van der Waals surface area contributed by atoms with E-state index in [1.54, 1.807) is 0 Å². The topological polar surface area (TPSA) is 0 Å². The molecule has 0 aromatic carbocycles. The highest BCUT2D eigenvalue weighted by Gasteiger charge is 2.58. The van der Waals surface area contributed by atoms with Crippen molar-refractivity contribution in [3.8, 4) is 0 Å². The van der Waals surface area contributed by atoms with Crippen LogP contribution in [-0.4, -0.2) is 2.67 Å². The minimum atomic E-state index is -1.16. The van der Waals surface area contributed by atoms with Crippen molar-refractivity contribution in [3.63, 3.8) is 0 Å². The first-order valence-electron chi connectivity index (χ1n) is 3.89. The summed E-state index contributed by atoms with van der Waals surface area (Å²) >= 11 is 13.8. The van der Waals surface area contributed by atoms with Crippen molar-refractivity contribution in [1.82, 2.24) is 0 Å². The fraction of sp³-hybridized carbons (Fsp3) is 1.00. The van der Waals surface area contributed by atoms with Crippen molar-refractivity contribution in [2.24, 2.45) is 5.92 Å². The molecule has 0 fully saturated rings. The van der Waals surface area contributed by atoms with Gasteiger partial charge in [0, 0.05) is 0 Å². The summed E-state index contributed by atoms with van der Waals surface area (Å²) in [6.45, 7) is 9.65. The predicted molar refractivity (Wildman–Crippen MR) is 110 cm³/mol. The molecular formula is C6H13I5Si2. The fourth-order valence-corrected chi connectivity index (χ4v) is 27.7. The maximum Gasteiger partial charge on any atom is 0.264 e. The van der Waals surface area contributed by atoms with E-state index in [0.29, 0.717) is 5.04 Å². The van der Waals surface area contributed by atoms with Gasteiger partial charge < -0.3 is 0 Å². The molecule has 0 bridgehead atoms. The maximum atomic E-state index is 2.81. The number of halogens is 5. The van der Waals surface area contributed by atoms with Gasteiger partial charge >= 0.3 is 0 Å². The Morgan fingerprint density at radius 3 is 1.31 bits per heavy atom. The molecule has 0 aromatic rings. The van der Waals surface area contributed by atoms with Crippen molar-refractivity contribution in [1.29, 1.82) is 0 Å². The third kappa shape index (κ3) is 4.04. The van der Waals surface area contributed by atoms with E-state index in [2.05, 4.69) is 137 Å². The average molecular weight is 776 g/mol. The van der Waals surface area contributed by atoms with E-state index >= 15 is 0 Å². The van der Waals surface area contributed by atoms with Crippen LogP contribution >= 0.6 is 109 Å². The SMILES string of the molecule is CC(C)C(C)(C)[Si](I)(I)[Si](I)(I)I. The van der Waals surface area contributed by atoms with E-state index in [4.69, 9.17) is 0 Å². The Hall–Kier alpha value is 4.08. The van der Waals surface area contributed by atoms with E-state index in [9.17, 15) is 0 Å². The molecule has 0 atom stereocenters. The lowest BCUT2D eigenvalue weighted by Gasteiger charge is -2.43. The third-order valence-corrected chi connectivity index (χ3v) is 110. The molecule has 0 heterocycles. The summed E-state index contributed by atoms with van der Waals surface area (Å²) in [5, 5.41) is 0.532. The molecule has 0 unspecified atom stereocenters. The lowest BCUT2D eigenvalue weighted by atomic mass is 9.99. The maximum absolute atomic E-state index is 2.81. The molecule has 0 N–H and O–H groups in total. The summed E-state index contributed by atoms with van der Waals surface area (Å²) in [5.41, 5.74) is 0. The van der Waals surface area contributed by atoms with Crippen LogP contribution in [0.25, 0.3) is 0 Å². The monoisotopic (exact) mass is 776 g/mol. The molecule has 0 aromatic heterocycles. The van der Waals surface area contributed by atoms with E-state index in [-0.39, 0.29) is 0 Å². The molecular weight excluding hydrogens is 763 g/mol. The van der Waals surface area contributed by atoms with Gasteiger partial charge in [-0.2, -0.15) is 0 Å². The predicted octanol–water partition coefficient (Wildman–Crippen LogP) is 6.06. The second-order valence-electron chi connectivity index (χ2n) is 3.95. The summed E-state index contributed by atoms with van der Waals surface area (Å²) in [4.78, 5) is 0. The Kier molecular flexibility index (Phi) is 7.64. The van der Waals surface area contributed by atoms with E-state index < -0.39 is 2.67 Å². The number of rotatable bonds is 3. The number of hydrogen-bond acceptors (Lipinski definition) is 0. The number of hydrogen-bond donors (Lipinski definition) is 0. The van der Waals surface area contributed by atoms with Gasteiger partial charge in [0.25, 0.3) is 0.0813 Å². The lowest BCUT2D eigenvalue weighted by Crippen LogP contribution is -2.50. The quantitative estimate of drug-likeness (QED) is 0.186. The van der Waals surface area contributed by atoms with Gasteiger partial charge in [0.2, 0.25) is 2.58 Å². The summed E-state index contributed by atoms with van der Waals surface area (Å²) in [6.07, 6.45) is 0. The fourth-order valence-electron chi connectivity index (χ4n) is 0.728. The molecule has 0 rings (SSSR count). The molecule has 7 heteroatoms. The molecule has 0 nitrogen and oxygen atoms in total. The van der Waals surface area contributed by atoms with Crippen LogP contribution in [-0.2, 0) is 0 Å². The largest absolute Gasteiger partial charge is 0.264 e. The van der Waals surface area contributed by atoms with E-state index in [1.165, 1.54) is 0 Å². The molecule has 0 aliphatic heterocycles. The zero-order chi connectivity index (χ0) is 11.1. The van der Waals surface area contributed by atoms with Crippen LogP contribution < -0.4 is 0 Å². The summed E-state index contributed by atoms with van der Waals surface area (Å²) in [7, 11) is 0. The van der Waals surface area contributed by atoms with Crippen molar-refractivity contribution in [2.75, 3.05) is 0 Å². The summed E-state index contributed by atoms with van der Waals surface area (Å²) in [5.74, 6) is 0.791. The summed E-state index contributed by atoms with van der Waals surface area (Å²) < 4.78 is -2.22. The molecule has 0 aliphatic rings. The van der Waals surface area contributed by atoms with Crippen molar-refractivity contribution in [3.05, 3.63) is 0 Å². The van der Waals surface area contributed by atoms with Gasteiger partial charge in [0.05, 0.1) is 0 Å². The highest BCUT2D eigenvalue weighted by molar-refractivity contribution is 14.4. The Bertz CT molecular complexity index is 184. The molecule has 0 aliphatic carbocycles. The Morgan fingerprint density at radius 1 is 0.923 bits per heavy atom.